The fraction of sp³-hybridized carbons (Fsp3) is 0.600. The summed E-state index contributed by atoms with van der Waals surface area (Å²) in [5, 5.41) is 9.02. The van der Waals surface area contributed by atoms with Gasteiger partial charge in [0.25, 0.3) is 0 Å². The van der Waals surface area contributed by atoms with Gasteiger partial charge in [-0.3, -0.25) is 0 Å². The molecule has 3 nitrogen and oxygen atoms in total. The highest BCUT2D eigenvalue weighted by Gasteiger charge is 2.26. The first kappa shape index (κ1) is 14.8. The van der Waals surface area contributed by atoms with Crippen molar-refractivity contribution < 1.29 is 5.11 Å². The molecule has 1 heterocycles. The van der Waals surface area contributed by atoms with Gasteiger partial charge in [0.05, 0.1) is 0 Å². The van der Waals surface area contributed by atoms with Crippen molar-refractivity contribution in [1.82, 2.24) is 0 Å². The summed E-state index contributed by atoms with van der Waals surface area (Å²) in [7, 11) is 0. The van der Waals surface area contributed by atoms with Crippen molar-refractivity contribution in [3.8, 4) is 0 Å². The van der Waals surface area contributed by atoms with Crippen LogP contribution in [0.2, 0.25) is 0 Å². The van der Waals surface area contributed by atoms with E-state index in [1.807, 2.05) is 6.92 Å². The first-order valence-electron chi connectivity index (χ1n) is 7.06. The zero-order valence-electron chi connectivity index (χ0n) is 11.5. The Morgan fingerprint density at radius 2 is 2.32 bits per heavy atom. The second-order valence-electron chi connectivity index (χ2n) is 5.35. The van der Waals surface area contributed by atoms with Gasteiger partial charge in [0, 0.05) is 35.4 Å². The lowest BCUT2D eigenvalue weighted by Gasteiger charge is -2.30. The molecular weight excluding hydrogens is 304 g/mol. The Labute approximate surface area is 123 Å². The molecule has 0 spiro atoms. The fourth-order valence-electron chi connectivity index (χ4n) is 2.93. The zero-order chi connectivity index (χ0) is 13.8. The first-order valence-corrected chi connectivity index (χ1v) is 7.85. The second kappa shape index (κ2) is 6.73. The van der Waals surface area contributed by atoms with Crippen LogP contribution < -0.4 is 10.6 Å². The van der Waals surface area contributed by atoms with Gasteiger partial charge in [0.1, 0.15) is 0 Å². The van der Waals surface area contributed by atoms with Crippen LogP contribution in [0, 0.1) is 0 Å². The fourth-order valence-corrected chi connectivity index (χ4v) is 3.28. The van der Waals surface area contributed by atoms with E-state index in [1.54, 1.807) is 0 Å². The van der Waals surface area contributed by atoms with Gasteiger partial charge in [-0.05, 0) is 50.3 Å². The number of rotatable bonds is 5. The van der Waals surface area contributed by atoms with Crippen molar-refractivity contribution in [2.24, 2.45) is 5.73 Å². The number of nitrogens with two attached hydrogens (primary N) is 1. The maximum Gasteiger partial charge on any atom is 0.0431 e. The minimum atomic E-state index is 0.0437. The Kier molecular flexibility index (Phi) is 5.25. The molecule has 0 saturated carbocycles. The van der Waals surface area contributed by atoms with E-state index in [1.165, 1.54) is 24.1 Å². The van der Waals surface area contributed by atoms with Gasteiger partial charge in [0.15, 0.2) is 0 Å². The number of hydrogen-bond acceptors (Lipinski definition) is 3. The Hall–Kier alpha value is -0.580. The lowest BCUT2D eigenvalue weighted by molar-refractivity contribution is 0.279. The first-order chi connectivity index (χ1) is 9.13. The van der Waals surface area contributed by atoms with E-state index >= 15 is 0 Å². The normalized spacial score (nSPS) is 20.8. The summed E-state index contributed by atoms with van der Waals surface area (Å²) < 4.78 is 1.10. The minimum absolute atomic E-state index is 0.0437. The molecule has 2 unspecified atom stereocenters. The summed E-state index contributed by atoms with van der Waals surface area (Å²) >= 11 is 3.56. The van der Waals surface area contributed by atoms with Crippen LogP contribution in [0.15, 0.2) is 22.7 Å². The number of nitrogens with zero attached hydrogens (tertiary/aromatic N) is 1. The average molecular weight is 327 g/mol. The summed E-state index contributed by atoms with van der Waals surface area (Å²) in [6.45, 7) is 3.40. The Morgan fingerprint density at radius 3 is 3.00 bits per heavy atom. The molecule has 1 saturated heterocycles. The minimum Gasteiger partial charge on any atom is -0.396 e. The molecule has 2 atom stereocenters. The maximum absolute atomic E-state index is 9.02. The SMILES string of the molecule is CC(N)c1ccc(Br)cc1N1CCCC1CCCO. The average Bonchev–Trinajstić information content (AvgIpc) is 2.83. The van der Waals surface area contributed by atoms with Gasteiger partial charge in [0.2, 0.25) is 0 Å². The molecule has 1 fully saturated rings. The molecule has 0 aromatic heterocycles. The van der Waals surface area contributed by atoms with E-state index in [0.717, 1.165) is 23.9 Å². The Morgan fingerprint density at radius 1 is 1.53 bits per heavy atom. The van der Waals surface area contributed by atoms with E-state index in [0.29, 0.717) is 6.04 Å². The topological polar surface area (TPSA) is 49.5 Å². The molecular formula is C15H23BrN2O. The van der Waals surface area contributed by atoms with E-state index < -0.39 is 0 Å². The summed E-state index contributed by atoms with van der Waals surface area (Å²) in [4.78, 5) is 2.47. The second-order valence-corrected chi connectivity index (χ2v) is 6.26. The molecule has 1 aromatic carbocycles. The third-order valence-electron chi connectivity index (χ3n) is 3.87. The van der Waals surface area contributed by atoms with Crippen molar-refractivity contribution in [1.29, 1.82) is 0 Å². The number of halogens is 1. The van der Waals surface area contributed by atoms with Gasteiger partial charge in [-0.1, -0.05) is 22.0 Å². The molecule has 19 heavy (non-hydrogen) atoms. The van der Waals surface area contributed by atoms with Crippen LogP contribution in [-0.4, -0.2) is 24.3 Å². The van der Waals surface area contributed by atoms with E-state index in [-0.39, 0.29) is 12.6 Å². The van der Waals surface area contributed by atoms with Gasteiger partial charge in [-0.2, -0.15) is 0 Å². The zero-order valence-corrected chi connectivity index (χ0v) is 13.1. The van der Waals surface area contributed by atoms with Crippen LogP contribution in [0.1, 0.15) is 44.2 Å². The van der Waals surface area contributed by atoms with E-state index in [4.69, 9.17) is 10.8 Å². The van der Waals surface area contributed by atoms with Crippen molar-refractivity contribution in [3.63, 3.8) is 0 Å². The molecule has 3 N–H and O–H groups in total. The number of aliphatic hydroxyl groups excluding tert-OH is 1. The smallest absolute Gasteiger partial charge is 0.0431 e. The van der Waals surface area contributed by atoms with E-state index in [2.05, 4.69) is 39.0 Å². The van der Waals surface area contributed by atoms with Crippen molar-refractivity contribution in [2.75, 3.05) is 18.1 Å². The molecule has 0 bridgehead atoms. The number of benzene rings is 1. The quantitative estimate of drug-likeness (QED) is 0.873. The summed E-state index contributed by atoms with van der Waals surface area (Å²) in [6.07, 6.45) is 4.37. The maximum atomic E-state index is 9.02. The molecule has 4 heteroatoms. The third kappa shape index (κ3) is 3.50. The molecule has 2 rings (SSSR count). The van der Waals surface area contributed by atoms with Gasteiger partial charge < -0.3 is 15.7 Å². The highest BCUT2D eigenvalue weighted by atomic mass is 79.9. The van der Waals surface area contributed by atoms with Gasteiger partial charge in [-0.25, -0.2) is 0 Å². The number of anilines is 1. The highest BCUT2D eigenvalue weighted by molar-refractivity contribution is 9.10. The largest absolute Gasteiger partial charge is 0.396 e. The van der Waals surface area contributed by atoms with Crippen LogP contribution in [0.5, 0.6) is 0 Å². The summed E-state index contributed by atoms with van der Waals surface area (Å²) in [6, 6.07) is 6.93. The molecule has 1 aliphatic rings. The number of aliphatic hydroxyl groups is 1. The van der Waals surface area contributed by atoms with E-state index in [9.17, 15) is 0 Å². The van der Waals surface area contributed by atoms with Gasteiger partial charge >= 0.3 is 0 Å². The molecule has 1 aromatic rings. The highest BCUT2D eigenvalue weighted by Crippen LogP contribution is 2.34. The van der Waals surface area contributed by atoms with Crippen LogP contribution in [0.3, 0.4) is 0 Å². The summed E-state index contributed by atoms with van der Waals surface area (Å²) in [5.74, 6) is 0. The Bertz CT molecular complexity index is 423. The summed E-state index contributed by atoms with van der Waals surface area (Å²) in [5.41, 5.74) is 8.56. The van der Waals surface area contributed by atoms with Gasteiger partial charge in [-0.15, -0.1) is 0 Å². The van der Waals surface area contributed by atoms with Crippen LogP contribution in [0.25, 0.3) is 0 Å². The number of hydrogen-bond donors (Lipinski definition) is 2. The van der Waals surface area contributed by atoms with Crippen LogP contribution >= 0.6 is 15.9 Å². The molecule has 0 amide bonds. The predicted octanol–water partition coefficient (Wildman–Crippen LogP) is 3.21. The van der Waals surface area contributed by atoms with Crippen LogP contribution in [0.4, 0.5) is 5.69 Å². The van der Waals surface area contributed by atoms with Crippen molar-refractivity contribution >= 4 is 21.6 Å². The Balaban J connectivity index is 2.26. The van der Waals surface area contributed by atoms with Crippen molar-refractivity contribution in [3.05, 3.63) is 28.2 Å². The molecule has 106 valence electrons. The molecule has 0 aliphatic carbocycles. The molecule has 0 radical (unpaired) electrons. The lowest BCUT2D eigenvalue weighted by atomic mass is 10.0. The monoisotopic (exact) mass is 326 g/mol. The van der Waals surface area contributed by atoms with Crippen molar-refractivity contribution in [2.45, 2.75) is 44.7 Å². The predicted molar refractivity (Wildman–Crippen MR) is 83.4 cm³/mol. The third-order valence-corrected chi connectivity index (χ3v) is 4.36. The standard InChI is InChI=1S/C15H23BrN2O/c1-11(17)14-7-6-12(16)10-15(14)18-8-2-4-13(18)5-3-9-19/h6-7,10-11,13,19H,2-5,8-9,17H2,1H3. The van der Waals surface area contributed by atoms with Crippen LogP contribution in [-0.2, 0) is 0 Å². The molecule has 1 aliphatic heterocycles. The lowest BCUT2D eigenvalue weighted by Crippen LogP contribution is -2.31.